The van der Waals surface area contributed by atoms with Crippen LogP contribution in [0.5, 0.6) is 0 Å². The van der Waals surface area contributed by atoms with Crippen LogP contribution >= 0.6 is 0 Å². The summed E-state index contributed by atoms with van der Waals surface area (Å²) in [5.41, 5.74) is 5.46. The number of carbonyl (C=O) groups is 1. The summed E-state index contributed by atoms with van der Waals surface area (Å²) in [5.74, 6) is 0.961. The van der Waals surface area contributed by atoms with E-state index in [0.29, 0.717) is 30.7 Å². The van der Waals surface area contributed by atoms with Gasteiger partial charge in [0, 0.05) is 31.0 Å². The molecule has 3 rings (SSSR count). The van der Waals surface area contributed by atoms with Gasteiger partial charge in [0.1, 0.15) is 5.82 Å². The standard InChI is InChI=1S/C17H31N7O/c1-2-9-24-10-7-12(8-11-24)19-13-3-4-14(13)20-16(25)6-5-15-21-17(18)23-22-15/h12-14,19H,2-11H2,1H3,(H,20,25)(H3,18,21,22,23)/t13-,14+/m1/s1. The Bertz CT molecular complexity index is 553. The number of likely N-dealkylation sites (tertiary alicyclic amines) is 1. The zero-order chi connectivity index (χ0) is 17.6. The van der Waals surface area contributed by atoms with Gasteiger partial charge in [-0.2, -0.15) is 4.98 Å². The zero-order valence-corrected chi connectivity index (χ0v) is 15.1. The van der Waals surface area contributed by atoms with E-state index >= 15 is 0 Å². The van der Waals surface area contributed by atoms with Gasteiger partial charge in [-0.3, -0.25) is 9.89 Å². The first-order valence-corrected chi connectivity index (χ1v) is 9.58. The average Bonchev–Trinajstić information content (AvgIpc) is 3.02. The lowest BCUT2D eigenvalue weighted by Crippen LogP contribution is -2.60. The number of aromatic nitrogens is 3. The van der Waals surface area contributed by atoms with Crippen LogP contribution in [0.3, 0.4) is 0 Å². The molecule has 1 aliphatic heterocycles. The van der Waals surface area contributed by atoms with Gasteiger partial charge in [0.05, 0.1) is 0 Å². The normalized spacial score (nSPS) is 24.8. The van der Waals surface area contributed by atoms with Crippen LogP contribution in [0.4, 0.5) is 5.95 Å². The summed E-state index contributed by atoms with van der Waals surface area (Å²) in [4.78, 5) is 18.7. The molecule has 0 bridgehead atoms. The molecule has 0 aromatic carbocycles. The molecule has 1 aliphatic carbocycles. The quantitative estimate of drug-likeness (QED) is 0.541. The average molecular weight is 349 g/mol. The van der Waals surface area contributed by atoms with Gasteiger partial charge >= 0.3 is 0 Å². The highest BCUT2D eigenvalue weighted by Crippen LogP contribution is 2.23. The molecule has 5 N–H and O–H groups in total. The third-order valence-corrected chi connectivity index (χ3v) is 5.34. The fourth-order valence-corrected chi connectivity index (χ4v) is 3.75. The number of hydrogen-bond acceptors (Lipinski definition) is 6. The fourth-order valence-electron chi connectivity index (χ4n) is 3.75. The van der Waals surface area contributed by atoms with Crippen LogP contribution in [0.2, 0.25) is 0 Å². The van der Waals surface area contributed by atoms with Gasteiger partial charge in [0.2, 0.25) is 11.9 Å². The number of nitrogens with two attached hydrogens (primary N) is 1. The van der Waals surface area contributed by atoms with Crippen molar-refractivity contribution in [2.45, 2.75) is 70.0 Å². The number of anilines is 1. The monoisotopic (exact) mass is 349 g/mol. The van der Waals surface area contributed by atoms with Crippen molar-refractivity contribution >= 4 is 11.9 Å². The fraction of sp³-hybridized carbons (Fsp3) is 0.824. The lowest BCUT2D eigenvalue weighted by molar-refractivity contribution is -0.122. The first-order valence-electron chi connectivity index (χ1n) is 9.58. The Balaban J connectivity index is 1.34. The van der Waals surface area contributed by atoms with Crippen LogP contribution < -0.4 is 16.4 Å². The van der Waals surface area contributed by atoms with Crippen LogP contribution in [-0.4, -0.2) is 63.7 Å². The molecule has 1 aromatic rings. The second-order valence-corrected chi connectivity index (χ2v) is 7.28. The number of piperidine rings is 1. The molecule has 0 spiro atoms. The lowest BCUT2D eigenvalue weighted by Gasteiger charge is -2.42. The number of nitrogens with zero attached hydrogens (tertiary/aromatic N) is 3. The van der Waals surface area contributed by atoms with Crippen LogP contribution in [0.25, 0.3) is 0 Å². The number of hydrogen-bond donors (Lipinski definition) is 4. The van der Waals surface area contributed by atoms with E-state index in [9.17, 15) is 4.79 Å². The van der Waals surface area contributed by atoms with Crippen molar-refractivity contribution in [3.8, 4) is 0 Å². The summed E-state index contributed by atoms with van der Waals surface area (Å²) in [7, 11) is 0. The molecule has 1 saturated carbocycles. The highest BCUT2D eigenvalue weighted by atomic mass is 16.1. The number of rotatable bonds is 8. The SMILES string of the molecule is CCCN1CCC(N[C@@H]2CC[C@@H]2NC(=O)CCc2nc(N)n[nH]2)CC1. The van der Waals surface area contributed by atoms with E-state index < -0.39 is 0 Å². The van der Waals surface area contributed by atoms with E-state index in [1.807, 2.05) is 0 Å². The Morgan fingerprint density at radius 2 is 2.04 bits per heavy atom. The predicted molar refractivity (Wildman–Crippen MR) is 97.0 cm³/mol. The number of nitrogen functional groups attached to an aromatic ring is 1. The van der Waals surface area contributed by atoms with E-state index in [1.165, 1.54) is 38.9 Å². The van der Waals surface area contributed by atoms with Crippen LogP contribution in [0.1, 0.15) is 51.3 Å². The van der Waals surface area contributed by atoms with E-state index in [4.69, 9.17) is 5.73 Å². The Hall–Kier alpha value is -1.67. The van der Waals surface area contributed by atoms with Crippen LogP contribution in [-0.2, 0) is 11.2 Å². The summed E-state index contributed by atoms with van der Waals surface area (Å²) >= 11 is 0. The summed E-state index contributed by atoms with van der Waals surface area (Å²) in [5, 5.41) is 13.4. The highest BCUT2D eigenvalue weighted by molar-refractivity contribution is 5.76. The van der Waals surface area contributed by atoms with E-state index in [-0.39, 0.29) is 17.9 Å². The number of carbonyl (C=O) groups excluding carboxylic acids is 1. The van der Waals surface area contributed by atoms with E-state index in [2.05, 4.69) is 37.6 Å². The minimum Gasteiger partial charge on any atom is -0.367 e. The molecule has 8 heteroatoms. The first kappa shape index (κ1) is 18.1. The minimum absolute atomic E-state index is 0.0734. The molecule has 2 fully saturated rings. The van der Waals surface area contributed by atoms with Crippen molar-refractivity contribution in [3.63, 3.8) is 0 Å². The third kappa shape index (κ3) is 5.15. The van der Waals surface area contributed by atoms with Gasteiger partial charge in [0.15, 0.2) is 0 Å². The van der Waals surface area contributed by atoms with E-state index in [1.54, 1.807) is 0 Å². The maximum absolute atomic E-state index is 12.1. The second-order valence-electron chi connectivity index (χ2n) is 7.28. The Morgan fingerprint density at radius 3 is 2.64 bits per heavy atom. The van der Waals surface area contributed by atoms with Crippen molar-refractivity contribution in [2.24, 2.45) is 0 Å². The molecule has 25 heavy (non-hydrogen) atoms. The molecule has 2 aliphatic rings. The Morgan fingerprint density at radius 1 is 1.28 bits per heavy atom. The lowest BCUT2D eigenvalue weighted by atomic mass is 9.85. The molecular weight excluding hydrogens is 318 g/mol. The van der Waals surface area contributed by atoms with Gasteiger partial charge in [-0.25, -0.2) is 0 Å². The molecule has 140 valence electrons. The minimum atomic E-state index is 0.0734. The van der Waals surface area contributed by atoms with Crippen molar-refractivity contribution in [1.82, 2.24) is 30.7 Å². The van der Waals surface area contributed by atoms with Gasteiger partial charge < -0.3 is 21.3 Å². The van der Waals surface area contributed by atoms with Gasteiger partial charge in [-0.15, -0.1) is 5.10 Å². The summed E-state index contributed by atoms with van der Waals surface area (Å²) in [6, 6.07) is 1.28. The topological polar surface area (TPSA) is 112 Å². The molecule has 1 amide bonds. The molecule has 8 nitrogen and oxygen atoms in total. The maximum Gasteiger partial charge on any atom is 0.239 e. The zero-order valence-electron chi connectivity index (χ0n) is 15.1. The number of aromatic amines is 1. The number of amides is 1. The highest BCUT2D eigenvalue weighted by Gasteiger charge is 2.34. The first-order chi connectivity index (χ1) is 12.1. The van der Waals surface area contributed by atoms with Crippen LogP contribution in [0, 0.1) is 0 Å². The van der Waals surface area contributed by atoms with Gasteiger partial charge in [-0.05, 0) is 51.7 Å². The predicted octanol–water partition coefficient (Wildman–Crippen LogP) is 0.431. The Labute approximate surface area is 149 Å². The summed E-state index contributed by atoms with van der Waals surface area (Å²) in [6.07, 6.45) is 6.82. The number of aryl methyl sites for hydroxylation is 1. The van der Waals surface area contributed by atoms with Crippen molar-refractivity contribution in [1.29, 1.82) is 0 Å². The van der Waals surface area contributed by atoms with Crippen molar-refractivity contribution in [2.75, 3.05) is 25.4 Å². The third-order valence-electron chi connectivity index (χ3n) is 5.34. The smallest absolute Gasteiger partial charge is 0.239 e. The maximum atomic E-state index is 12.1. The molecule has 1 saturated heterocycles. The molecular formula is C17H31N7O. The summed E-state index contributed by atoms with van der Waals surface area (Å²) in [6.45, 7) is 5.83. The summed E-state index contributed by atoms with van der Waals surface area (Å²) < 4.78 is 0. The number of nitrogens with one attached hydrogen (secondary N) is 3. The second kappa shape index (κ2) is 8.62. The molecule has 1 aromatic heterocycles. The molecule has 2 atom stereocenters. The molecule has 2 heterocycles. The largest absolute Gasteiger partial charge is 0.367 e. The molecule has 0 radical (unpaired) electrons. The van der Waals surface area contributed by atoms with Crippen molar-refractivity contribution in [3.05, 3.63) is 5.82 Å². The Kier molecular flexibility index (Phi) is 6.25. The number of H-pyrrole nitrogens is 1. The van der Waals surface area contributed by atoms with E-state index in [0.717, 1.165) is 12.8 Å². The van der Waals surface area contributed by atoms with Crippen molar-refractivity contribution < 1.29 is 4.79 Å². The van der Waals surface area contributed by atoms with Gasteiger partial charge in [-0.1, -0.05) is 6.92 Å². The van der Waals surface area contributed by atoms with Gasteiger partial charge in [0.25, 0.3) is 0 Å². The molecule has 0 unspecified atom stereocenters. The van der Waals surface area contributed by atoms with Crippen LogP contribution in [0.15, 0.2) is 0 Å².